The van der Waals surface area contributed by atoms with Crippen LogP contribution in [0.4, 0.5) is 0 Å². The molecule has 2 heterocycles. The van der Waals surface area contributed by atoms with Gasteiger partial charge in [-0.3, -0.25) is 14.5 Å². The number of rotatable bonds is 10. The van der Waals surface area contributed by atoms with Crippen molar-refractivity contribution in [2.75, 3.05) is 39.4 Å². The van der Waals surface area contributed by atoms with Crippen LogP contribution in [0.1, 0.15) is 54.8 Å². The molecule has 1 N–H and O–H groups in total. The van der Waals surface area contributed by atoms with E-state index < -0.39 is 6.04 Å². The molecular formula is C31H41N7O3. The van der Waals surface area contributed by atoms with Crippen LogP contribution in [0.25, 0.3) is 11.4 Å². The van der Waals surface area contributed by atoms with Gasteiger partial charge in [0.1, 0.15) is 12.6 Å². The third kappa shape index (κ3) is 7.77. The number of nitrogens with zero attached hydrogens (tertiary/aromatic N) is 6. The molecule has 218 valence electrons. The first-order valence-corrected chi connectivity index (χ1v) is 14.8. The number of tetrazole rings is 1. The van der Waals surface area contributed by atoms with Crippen LogP contribution in [-0.4, -0.2) is 87.3 Å². The van der Waals surface area contributed by atoms with Gasteiger partial charge in [0.25, 0.3) is 0 Å². The molecule has 1 aromatic heterocycles. The summed E-state index contributed by atoms with van der Waals surface area (Å²) in [7, 11) is 0. The van der Waals surface area contributed by atoms with Gasteiger partial charge in [0.15, 0.2) is 0 Å². The van der Waals surface area contributed by atoms with Crippen molar-refractivity contribution >= 4 is 11.8 Å². The van der Waals surface area contributed by atoms with Crippen LogP contribution < -0.4 is 5.32 Å². The Morgan fingerprint density at radius 3 is 2.32 bits per heavy atom. The normalized spacial score (nSPS) is 17.2. The quantitative estimate of drug-likeness (QED) is 0.406. The summed E-state index contributed by atoms with van der Waals surface area (Å²) < 4.78 is 5.52. The average Bonchev–Trinajstić information content (AvgIpc) is 3.45. The summed E-state index contributed by atoms with van der Waals surface area (Å²) in [6.45, 7) is 7.91. The lowest BCUT2D eigenvalue weighted by atomic mass is 9.94. The maximum Gasteiger partial charge on any atom is 0.247 e. The molecule has 2 aromatic carbocycles. The van der Waals surface area contributed by atoms with Crippen LogP contribution in [0, 0.1) is 13.8 Å². The highest BCUT2D eigenvalue weighted by molar-refractivity contribution is 5.89. The van der Waals surface area contributed by atoms with Crippen LogP contribution in [0.5, 0.6) is 0 Å². The Kier molecular flexibility index (Phi) is 9.74. The molecule has 1 saturated carbocycles. The summed E-state index contributed by atoms with van der Waals surface area (Å²) >= 11 is 0. The standard InChI is InChI=1S/C31H41N7O3/c1-23-8-12-25(13-9-23)29(31(40)32-27-6-4-3-5-7-27)37(17-16-36-18-20-41-21-19-36)28(39)22-38-34-30(33-35-38)26-14-10-24(2)11-15-26/h8-15,27,29H,3-7,16-22H2,1-2H3,(H,32,40)/t29-/m0/s1. The minimum Gasteiger partial charge on any atom is -0.379 e. The van der Waals surface area contributed by atoms with Gasteiger partial charge in [0.2, 0.25) is 17.6 Å². The average molecular weight is 560 g/mol. The number of ether oxygens (including phenoxy) is 1. The van der Waals surface area contributed by atoms with E-state index in [9.17, 15) is 9.59 Å². The Bertz CT molecular complexity index is 1280. The molecule has 0 bridgehead atoms. The molecule has 2 amide bonds. The Morgan fingerprint density at radius 2 is 1.63 bits per heavy atom. The van der Waals surface area contributed by atoms with Crippen molar-refractivity contribution in [3.8, 4) is 11.4 Å². The monoisotopic (exact) mass is 559 g/mol. The predicted octanol–water partition coefficient (Wildman–Crippen LogP) is 3.31. The van der Waals surface area contributed by atoms with Crippen LogP contribution in [-0.2, 0) is 20.9 Å². The number of morpholine rings is 1. The third-order valence-corrected chi connectivity index (χ3v) is 8.03. The molecule has 0 unspecified atom stereocenters. The van der Waals surface area contributed by atoms with Gasteiger partial charge >= 0.3 is 0 Å². The van der Waals surface area contributed by atoms with Crippen molar-refractivity contribution in [2.45, 2.75) is 64.6 Å². The maximum atomic E-state index is 14.0. The highest BCUT2D eigenvalue weighted by atomic mass is 16.5. The molecule has 5 rings (SSSR count). The van der Waals surface area contributed by atoms with E-state index in [1.807, 2.05) is 62.4 Å². The second kappa shape index (κ2) is 13.8. The zero-order valence-corrected chi connectivity index (χ0v) is 24.2. The first-order chi connectivity index (χ1) is 20.0. The van der Waals surface area contributed by atoms with Gasteiger partial charge in [-0.2, -0.15) is 4.80 Å². The highest BCUT2D eigenvalue weighted by Crippen LogP contribution is 2.25. The minimum absolute atomic E-state index is 0.110. The van der Waals surface area contributed by atoms with Crippen LogP contribution in [0.15, 0.2) is 48.5 Å². The van der Waals surface area contributed by atoms with E-state index in [-0.39, 0.29) is 24.4 Å². The summed E-state index contributed by atoms with van der Waals surface area (Å²) in [4.78, 5) is 33.3. The number of benzene rings is 2. The second-order valence-electron chi connectivity index (χ2n) is 11.2. The maximum absolute atomic E-state index is 14.0. The van der Waals surface area contributed by atoms with Gasteiger partial charge in [0, 0.05) is 37.8 Å². The number of hydrogen-bond acceptors (Lipinski definition) is 7. The fourth-order valence-electron chi connectivity index (χ4n) is 5.56. The highest BCUT2D eigenvalue weighted by Gasteiger charge is 2.33. The summed E-state index contributed by atoms with van der Waals surface area (Å²) in [5, 5.41) is 16.1. The summed E-state index contributed by atoms with van der Waals surface area (Å²) in [6, 6.07) is 15.1. The molecule has 0 radical (unpaired) electrons. The Balaban J connectivity index is 1.40. The molecule has 3 aromatic rings. The Morgan fingerprint density at radius 1 is 0.976 bits per heavy atom. The SMILES string of the molecule is Cc1ccc(-c2nnn(CC(=O)N(CCN3CCOCC3)[C@H](C(=O)NC3CCCCC3)c3ccc(C)cc3)n2)cc1. The van der Waals surface area contributed by atoms with E-state index in [1.165, 1.54) is 11.2 Å². The zero-order valence-electron chi connectivity index (χ0n) is 24.2. The number of aromatic nitrogens is 4. The van der Waals surface area contributed by atoms with Gasteiger partial charge in [-0.25, -0.2) is 0 Å². The van der Waals surface area contributed by atoms with Gasteiger partial charge in [-0.15, -0.1) is 10.2 Å². The molecule has 1 aliphatic carbocycles. The van der Waals surface area contributed by atoms with Gasteiger partial charge in [-0.05, 0) is 37.5 Å². The zero-order chi connectivity index (χ0) is 28.6. The first kappa shape index (κ1) is 28.9. The third-order valence-electron chi connectivity index (χ3n) is 8.03. The largest absolute Gasteiger partial charge is 0.379 e. The first-order valence-electron chi connectivity index (χ1n) is 14.8. The van der Waals surface area contributed by atoms with Crippen molar-refractivity contribution in [1.29, 1.82) is 0 Å². The van der Waals surface area contributed by atoms with E-state index in [4.69, 9.17) is 4.74 Å². The lowest BCUT2D eigenvalue weighted by molar-refractivity contribution is -0.142. The van der Waals surface area contributed by atoms with E-state index in [2.05, 4.69) is 25.6 Å². The van der Waals surface area contributed by atoms with Gasteiger partial charge in [0.05, 0.1) is 13.2 Å². The molecule has 2 fully saturated rings. The molecule has 41 heavy (non-hydrogen) atoms. The topological polar surface area (TPSA) is 105 Å². The Labute approximate surface area is 242 Å². The van der Waals surface area contributed by atoms with Crippen molar-refractivity contribution in [3.63, 3.8) is 0 Å². The number of hydrogen-bond donors (Lipinski definition) is 1. The van der Waals surface area contributed by atoms with Crippen LogP contribution in [0.3, 0.4) is 0 Å². The number of nitrogens with one attached hydrogen (secondary N) is 1. The van der Waals surface area contributed by atoms with Crippen molar-refractivity contribution in [3.05, 3.63) is 65.2 Å². The Hall–Kier alpha value is -3.63. The number of carbonyl (C=O) groups is 2. The van der Waals surface area contributed by atoms with Crippen LogP contribution >= 0.6 is 0 Å². The number of amides is 2. The van der Waals surface area contributed by atoms with E-state index in [0.717, 1.165) is 61.0 Å². The van der Waals surface area contributed by atoms with Gasteiger partial charge in [-0.1, -0.05) is 78.9 Å². The van der Waals surface area contributed by atoms with Crippen molar-refractivity contribution < 1.29 is 14.3 Å². The lowest BCUT2D eigenvalue weighted by Gasteiger charge is -2.35. The van der Waals surface area contributed by atoms with E-state index in [1.54, 1.807) is 4.90 Å². The summed E-state index contributed by atoms with van der Waals surface area (Å²) in [6.07, 6.45) is 5.37. The van der Waals surface area contributed by atoms with E-state index in [0.29, 0.717) is 32.1 Å². The molecule has 1 atom stereocenters. The van der Waals surface area contributed by atoms with Crippen molar-refractivity contribution in [1.82, 2.24) is 35.3 Å². The van der Waals surface area contributed by atoms with Crippen LogP contribution in [0.2, 0.25) is 0 Å². The van der Waals surface area contributed by atoms with Crippen molar-refractivity contribution in [2.24, 2.45) is 0 Å². The second-order valence-corrected chi connectivity index (χ2v) is 11.2. The summed E-state index contributed by atoms with van der Waals surface area (Å²) in [5.74, 6) is 0.0984. The lowest BCUT2D eigenvalue weighted by Crippen LogP contribution is -2.50. The number of aryl methyl sites for hydroxylation is 2. The summed E-state index contributed by atoms with van der Waals surface area (Å²) in [5.41, 5.74) is 3.87. The molecule has 2 aliphatic rings. The van der Waals surface area contributed by atoms with E-state index >= 15 is 0 Å². The number of carbonyl (C=O) groups excluding carboxylic acids is 2. The molecule has 10 nitrogen and oxygen atoms in total. The molecule has 0 spiro atoms. The van der Waals surface area contributed by atoms with Gasteiger partial charge < -0.3 is 15.0 Å². The molecule has 1 saturated heterocycles. The molecule has 1 aliphatic heterocycles. The fourth-order valence-corrected chi connectivity index (χ4v) is 5.56. The minimum atomic E-state index is -0.758. The fraction of sp³-hybridized carbons (Fsp3) is 0.516. The smallest absolute Gasteiger partial charge is 0.247 e. The molecular weight excluding hydrogens is 518 g/mol. The predicted molar refractivity (Wildman–Crippen MR) is 156 cm³/mol. The molecule has 10 heteroatoms.